The molecule has 0 atom stereocenters. The third kappa shape index (κ3) is 2.61. The number of fused-ring (bicyclic) bond motifs is 1. The van der Waals surface area contributed by atoms with Gasteiger partial charge in [0.05, 0.1) is 10.4 Å². The van der Waals surface area contributed by atoms with E-state index >= 15 is 0 Å². The van der Waals surface area contributed by atoms with Gasteiger partial charge in [0.15, 0.2) is 5.78 Å². The molecule has 0 aliphatic rings. The third-order valence-electron chi connectivity index (χ3n) is 3.50. The Labute approximate surface area is 128 Å². The molecule has 0 unspecified atom stereocenters. The van der Waals surface area contributed by atoms with Crippen LogP contribution in [0.1, 0.15) is 29.2 Å². The van der Waals surface area contributed by atoms with Gasteiger partial charge in [0, 0.05) is 27.4 Å². The van der Waals surface area contributed by atoms with E-state index in [2.05, 4.69) is 23.2 Å². The topological polar surface area (TPSA) is 30.0 Å². The Kier molecular flexibility index (Phi) is 3.60. The summed E-state index contributed by atoms with van der Waals surface area (Å²) < 4.78 is 0. The summed E-state index contributed by atoms with van der Waals surface area (Å²) in [5, 5.41) is 1.13. The standard InChI is InChI=1S/C18H17NOS/c1-11(2)18(20)16-10-9-15(21-16)14-6-4-5-13-8-7-12(3)19-17(13)14/h4-11H,1-3H3. The monoisotopic (exact) mass is 295 g/mol. The van der Waals surface area contributed by atoms with Gasteiger partial charge in [0.2, 0.25) is 0 Å². The van der Waals surface area contributed by atoms with Gasteiger partial charge in [-0.15, -0.1) is 11.3 Å². The van der Waals surface area contributed by atoms with Crippen molar-refractivity contribution in [1.82, 2.24) is 4.98 Å². The molecule has 1 aromatic carbocycles. The van der Waals surface area contributed by atoms with Gasteiger partial charge in [-0.25, -0.2) is 0 Å². The summed E-state index contributed by atoms with van der Waals surface area (Å²) in [6, 6.07) is 14.3. The van der Waals surface area contributed by atoms with Crippen LogP contribution in [0.5, 0.6) is 0 Å². The first-order valence-electron chi connectivity index (χ1n) is 7.07. The molecule has 0 radical (unpaired) electrons. The number of carbonyl (C=O) groups is 1. The van der Waals surface area contributed by atoms with E-state index in [4.69, 9.17) is 0 Å². The molecule has 0 spiro atoms. The molecule has 0 N–H and O–H groups in total. The lowest BCUT2D eigenvalue weighted by Gasteiger charge is -2.05. The van der Waals surface area contributed by atoms with Crippen LogP contribution < -0.4 is 0 Å². The second-order valence-corrected chi connectivity index (χ2v) is 6.60. The van der Waals surface area contributed by atoms with Gasteiger partial charge in [0.1, 0.15) is 0 Å². The summed E-state index contributed by atoms with van der Waals surface area (Å²) >= 11 is 1.55. The number of aromatic nitrogens is 1. The molecule has 0 saturated heterocycles. The van der Waals surface area contributed by atoms with Gasteiger partial charge < -0.3 is 0 Å². The number of thiophene rings is 1. The molecule has 2 nitrogen and oxygen atoms in total. The van der Waals surface area contributed by atoms with Crippen molar-refractivity contribution in [3.63, 3.8) is 0 Å². The minimum atomic E-state index is 0.0318. The van der Waals surface area contributed by atoms with E-state index in [9.17, 15) is 4.79 Å². The van der Waals surface area contributed by atoms with Crippen molar-refractivity contribution in [2.45, 2.75) is 20.8 Å². The summed E-state index contributed by atoms with van der Waals surface area (Å²) in [4.78, 5) is 18.7. The zero-order chi connectivity index (χ0) is 15.0. The molecule has 2 heterocycles. The van der Waals surface area contributed by atoms with Crippen molar-refractivity contribution < 1.29 is 4.79 Å². The number of Topliss-reactive ketones (excluding diaryl/α,β-unsaturated/α-hetero) is 1. The number of rotatable bonds is 3. The summed E-state index contributed by atoms with van der Waals surface area (Å²) in [6.07, 6.45) is 0. The minimum absolute atomic E-state index is 0.0318. The molecule has 3 aromatic rings. The first-order chi connectivity index (χ1) is 10.1. The quantitative estimate of drug-likeness (QED) is 0.628. The van der Waals surface area contributed by atoms with Crippen molar-refractivity contribution in [2.24, 2.45) is 5.92 Å². The number of benzene rings is 1. The van der Waals surface area contributed by atoms with E-state index in [-0.39, 0.29) is 11.7 Å². The molecule has 21 heavy (non-hydrogen) atoms. The average Bonchev–Trinajstić information content (AvgIpc) is 2.95. The number of hydrogen-bond donors (Lipinski definition) is 0. The number of pyridine rings is 1. The highest BCUT2D eigenvalue weighted by molar-refractivity contribution is 7.17. The average molecular weight is 295 g/mol. The molecule has 2 aromatic heterocycles. The summed E-state index contributed by atoms with van der Waals surface area (Å²) in [6.45, 7) is 5.87. The second kappa shape index (κ2) is 5.41. The molecular formula is C18H17NOS. The van der Waals surface area contributed by atoms with Crippen LogP contribution in [0, 0.1) is 12.8 Å². The lowest BCUT2D eigenvalue weighted by Crippen LogP contribution is -2.04. The van der Waals surface area contributed by atoms with Crippen molar-refractivity contribution in [2.75, 3.05) is 0 Å². The largest absolute Gasteiger partial charge is 0.293 e. The molecule has 3 heteroatoms. The molecule has 106 valence electrons. The van der Waals surface area contributed by atoms with E-state index < -0.39 is 0 Å². The molecule has 0 bridgehead atoms. The highest BCUT2D eigenvalue weighted by Crippen LogP contribution is 2.33. The van der Waals surface area contributed by atoms with Gasteiger partial charge in [-0.3, -0.25) is 9.78 Å². The fourth-order valence-electron chi connectivity index (χ4n) is 2.34. The minimum Gasteiger partial charge on any atom is -0.293 e. The van der Waals surface area contributed by atoms with Crippen LogP contribution in [0.3, 0.4) is 0 Å². The van der Waals surface area contributed by atoms with Gasteiger partial charge in [-0.05, 0) is 25.1 Å². The van der Waals surface area contributed by atoms with E-state index in [0.717, 1.165) is 31.9 Å². The molecule has 0 aliphatic heterocycles. The zero-order valence-corrected chi connectivity index (χ0v) is 13.2. The van der Waals surface area contributed by atoms with Crippen LogP contribution in [0.2, 0.25) is 0 Å². The Morgan fingerprint density at radius 3 is 2.67 bits per heavy atom. The predicted octanol–water partition coefficient (Wildman–Crippen LogP) is 5.11. The van der Waals surface area contributed by atoms with Gasteiger partial charge >= 0.3 is 0 Å². The van der Waals surface area contributed by atoms with Crippen molar-refractivity contribution in [1.29, 1.82) is 0 Å². The fraction of sp³-hybridized carbons (Fsp3) is 0.222. The van der Waals surface area contributed by atoms with Gasteiger partial charge in [-0.2, -0.15) is 0 Å². The lowest BCUT2D eigenvalue weighted by molar-refractivity contribution is 0.0943. The molecule has 0 fully saturated rings. The predicted molar refractivity (Wildman–Crippen MR) is 89.0 cm³/mol. The molecule has 0 amide bonds. The van der Waals surface area contributed by atoms with Gasteiger partial charge in [-0.1, -0.05) is 38.1 Å². The maximum absolute atomic E-state index is 12.1. The Balaban J connectivity index is 2.13. The van der Waals surface area contributed by atoms with Crippen LogP contribution >= 0.6 is 11.3 Å². The summed E-state index contributed by atoms with van der Waals surface area (Å²) in [5.74, 6) is 0.236. The smallest absolute Gasteiger partial charge is 0.175 e. The van der Waals surface area contributed by atoms with Crippen LogP contribution in [0.15, 0.2) is 42.5 Å². The number of aryl methyl sites for hydroxylation is 1. The Bertz CT molecular complexity index is 817. The van der Waals surface area contributed by atoms with Crippen LogP contribution in [0.25, 0.3) is 21.3 Å². The maximum atomic E-state index is 12.1. The molecule has 3 rings (SSSR count). The number of hydrogen-bond acceptors (Lipinski definition) is 3. The summed E-state index contributed by atoms with van der Waals surface area (Å²) in [5.41, 5.74) is 3.11. The van der Waals surface area contributed by atoms with Crippen molar-refractivity contribution >= 4 is 28.0 Å². The van der Waals surface area contributed by atoms with E-state index in [0.29, 0.717) is 0 Å². The number of ketones is 1. The Morgan fingerprint density at radius 1 is 1.10 bits per heavy atom. The molecular weight excluding hydrogens is 278 g/mol. The fourth-order valence-corrected chi connectivity index (χ4v) is 3.46. The van der Waals surface area contributed by atoms with Crippen LogP contribution in [-0.2, 0) is 0 Å². The third-order valence-corrected chi connectivity index (χ3v) is 4.63. The maximum Gasteiger partial charge on any atom is 0.175 e. The molecule has 0 aliphatic carbocycles. The van der Waals surface area contributed by atoms with Crippen LogP contribution in [0.4, 0.5) is 0 Å². The van der Waals surface area contributed by atoms with E-state index in [1.807, 2.05) is 45.0 Å². The zero-order valence-electron chi connectivity index (χ0n) is 12.4. The van der Waals surface area contributed by atoms with Crippen LogP contribution in [-0.4, -0.2) is 10.8 Å². The Morgan fingerprint density at radius 2 is 1.90 bits per heavy atom. The molecule has 0 saturated carbocycles. The first kappa shape index (κ1) is 14.0. The van der Waals surface area contributed by atoms with Crippen molar-refractivity contribution in [3.8, 4) is 10.4 Å². The number of nitrogens with zero attached hydrogens (tertiary/aromatic N) is 1. The SMILES string of the molecule is Cc1ccc2cccc(-c3ccc(C(=O)C(C)C)s3)c2n1. The van der Waals surface area contributed by atoms with E-state index in [1.165, 1.54) is 0 Å². The highest BCUT2D eigenvalue weighted by Gasteiger charge is 2.15. The van der Waals surface area contributed by atoms with E-state index in [1.54, 1.807) is 11.3 Å². The number of para-hydroxylation sites is 1. The summed E-state index contributed by atoms with van der Waals surface area (Å²) in [7, 11) is 0. The second-order valence-electron chi connectivity index (χ2n) is 5.51. The number of carbonyl (C=O) groups excluding carboxylic acids is 1. The normalized spacial score (nSPS) is 11.2. The highest BCUT2D eigenvalue weighted by atomic mass is 32.1. The first-order valence-corrected chi connectivity index (χ1v) is 7.88. The van der Waals surface area contributed by atoms with Gasteiger partial charge in [0.25, 0.3) is 0 Å². The lowest BCUT2D eigenvalue weighted by atomic mass is 10.1. The Hall–Kier alpha value is -2.00. The van der Waals surface area contributed by atoms with Crippen molar-refractivity contribution in [3.05, 3.63) is 53.0 Å².